The van der Waals surface area contributed by atoms with E-state index in [1.54, 1.807) is 13.2 Å². The second-order valence-electron chi connectivity index (χ2n) is 3.07. The van der Waals surface area contributed by atoms with E-state index in [1.807, 2.05) is 13.0 Å². The topological polar surface area (TPSA) is 75.8 Å². The van der Waals surface area contributed by atoms with E-state index in [9.17, 15) is 0 Å². The zero-order valence-corrected chi connectivity index (χ0v) is 8.39. The summed E-state index contributed by atoms with van der Waals surface area (Å²) < 4.78 is 5.09. The number of aryl methyl sites for hydroxylation is 1. The average Bonchev–Trinajstić information content (AvgIpc) is 2.48. The highest BCUT2D eigenvalue weighted by Gasteiger charge is 2.18. The summed E-state index contributed by atoms with van der Waals surface area (Å²) in [5, 5.41) is 9.20. The van der Waals surface area contributed by atoms with E-state index in [-0.39, 0.29) is 0 Å². The molecular weight excluding hydrogens is 186 g/mol. The van der Waals surface area contributed by atoms with Crippen LogP contribution in [-0.2, 0) is 0 Å². The summed E-state index contributed by atoms with van der Waals surface area (Å²) in [6.07, 6.45) is 1.57. The molecule has 1 rings (SSSR count). The Morgan fingerprint density at radius 3 is 3.00 bits per heavy atom. The lowest BCUT2D eigenvalue weighted by Crippen LogP contribution is -2.36. The van der Waals surface area contributed by atoms with Crippen molar-refractivity contribution in [3.8, 4) is 6.07 Å². The summed E-state index contributed by atoms with van der Waals surface area (Å²) in [4.78, 5) is 4.08. The summed E-state index contributed by atoms with van der Waals surface area (Å²) >= 11 is 1.35. The lowest BCUT2D eigenvalue weighted by atomic mass is 10.1. The standard InChI is InChI=1S/C8H11N3OS/c1-6-3-12-7(11-6)13-5-8(2,10)4-9/h3H,5,10H2,1-2H3. The Morgan fingerprint density at radius 1 is 1.85 bits per heavy atom. The van der Waals surface area contributed by atoms with E-state index >= 15 is 0 Å². The minimum atomic E-state index is -0.826. The minimum absolute atomic E-state index is 0.476. The van der Waals surface area contributed by atoms with Crippen LogP contribution < -0.4 is 5.73 Å². The summed E-state index contributed by atoms with van der Waals surface area (Å²) in [7, 11) is 0. The summed E-state index contributed by atoms with van der Waals surface area (Å²) in [6.45, 7) is 3.52. The number of thioether (sulfide) groups is 1. The fourth-order valence-electron chi connectivity index (χ4n) is 0.643. The van der Waals surface area contributed by atoms with Gasteiger partial charge in [0.2, 0.25) is 0 Å². The van der Waals surface area contributed by atoms with Gasteiger partial charge in [0.25, 0.3) is 5.22 Å². The van der Waals surface area contributed by atoms with Crippen LogP contribution in [0, 0.1) is 18.3 Å². The maximum Gasteiger partial charge on any atom is 0.255 e. The number of aromatic nitrogens is 1. The molecule has 0 aliphatic heterocycles. The highest BCUT2D eigenvalue weighted by molar-refractivity contribution is 7.99. The molecule has 5 heteroatoms. The molecule has 2 N–H and O–H groups in total. The van der Waals surface area contributed by atoms with Gasteiger partial charge in [0, 0.05) is 5.75 Å². The van der Waals surface area contributed by atoms with E-state index in [0.717, 1.165) is 5.69 Å². The summed E-state index contributed by atoms with van der Waals surface area (Å²) in [6, 6.07) is 2.01. The normalized spacial score (nSPS) is 14.9. The van der Waals surface area contributed by atoms with Gasteiger partial charge in [-0.1, -0.05) is 11.8 Å². The Bertz CT molecular complexity index is 326. The van der Waals surface area contributed by atoms with Gasteiger partial charge in [-0.3, -0.25) is 0 Å². The molecule has 0 spiro atoms. The van der Waals surface area contributed by atoms with Crippen molar-refractivity contribution in [3.63, 3.8) is 0 Å². The summed E-state index contributed by atoms with van der Waals surface area (Å²) in [5.74, 6) is 0.476. The molecule has 0 saturated heterocycles. The van der Waals surface area contributed by atoms with Crippen molar-refractivity contribution < 1.29 is 4.42 Å². The number of nitrogens with two attached hydrogens (primary N) is 1. The molecule has 0 saturated carbocycles. The van der Waals surface area contributed by atoms with Gasteiger partial charge in [-0.15, -0.1) is 0 Å². The van der Waals surface area contributed by atoms with Gasteiger partial charge in [0.1, 0.15) is 11.8 Å². The second-order valence-corrected chi connectivity index (χ2v) is 4.00. The van der Waals surface area contributed by atoms with Crippen LogP contribution in [0.25, 0.3) is 0 Å². The van der Waals surface area contributed by atoms with Crippen LogP contribution in [-0.4, -0.2) is 16.3 Å². The zero-order chi connectivity index (χ0) is 9.90. The Hall–Kier alpha value is -0.990. The molecule has 1 aromatic rings. The summed E-state index contributed by atoms with van der Waals surface area (Å²) in [5.41, 5.74) is 5.62. The molecule has 0 aromatic carbocycles. The van der Waals surface area contributed by atoms with Crippen LogP contribution in [0.4, 0.5) is 0 Å². The van der Waals surface area contributed by atoms with E-state index in [2.05, 4.69) is 4.98 Å². The zero-order valence-electron chi connectivity index (χ0n) is 7.57. The van der Waals surface area contributed by atoms with Gasteiger partial charge in [-0.05, 0) is 13.8 Å². The van der Waals surface area contributed by atoms with Crippen molar-refractivity contribution in [2.75, 3.05) is 5.75 Å². The molecule has 0 radical (unpaired) electrons. The lowest BCUT2D eigenvalue weighted by molar-refractivity contribution is 0.453. The van der Waals surface area contributed by atoms with Crippen molar-refractivity contribution in [2.24, 2.45) is 5.73 Å². The molecular formula is C8H11N3OS. The smallest absolute Gasteiger partial charge is 0.255 e. The van der Waals surface area contributed by atoms with E-state index in [4.69, 9.17) is 15.4 Å². The molecule has 0 bridgehead atoms. The fourth-order valence-corrected chi connectivity index (χ4v) is 1.46. The van der Waals surface area contributed by atoms with Gasteiger partial charge in [-0.2, -0.15) is 5.26 Å². The molecule has 13 heavy (non-hydrogen) atoms. The number of rotatable bonds is 3. The van der Waals surface area contributed by atoms with Crippen molar-refractivity contribution >= 4 is 11.8 Å². The third-order valence-corrected chi connectivity index (χ3v) is 2.53. The largest absolute Gasteiger partial charge is 0.440 e. The maximum atomic E-state index is 8.64. The maximum absolute atomic E-state index is 8.64. The first-order chi connectivity index (χ1) is 6.03. The monoisotopic (exact) mass is 197 g/mol. The highest BCUT2D eigenvalue weighted by atomic mass is 32.2. The third-order valence-electron chi connectivity index (χ3n) is 1.35. The molecule has 0 aliphatic carbocycles. The molecule has 1 atom stereocenters. The molecule has 0 fully saturated rings. The SMILES string of the molecule is Cc1coc(SCC(C)(N)C#N)n1. The number of hydrogen-bond acceptors (Lipinski definition) is 5. The van der Waals surface area contributed by atoms with Gasteiger partial charge in [0.15, 0.2) is 0 Å². The van der Waals surface area contributed by atoms with Gasteiger partial charge < -0.3 is 10.2 Å². The van der Waals surface area contributed by atoms with Crippen molar-refractivity contribution in [2.45, 2.75) is 24.6 Å². The van der Waals surface area contributed by atoms with E-state index < -0.39 is 5.54 Å². The van der Waals surface area contributed by atoms with Crippen molar-refractivity contribution in [3.05, 3.63) is 12.0 Å². The Morgan fingerprint density at radius 2 is 2.54 bits per heavy atom. The number of nitrogens with zero attached hydrogens (tertiary/aromatic N) is 2. The number of hydrogen-bond donors (Lipinski definition) is 1. The second kappa shape index (κ2) is 3.81. The molecule has 1 unspecified atom stereocenters. The molecule has 0 aliphatic rings. The predicted molar refractivity (Wildman–Crippen MR) is 50.2 cm³/mol. The molecule has 0 amide bonds. The highest BCUT2D eigenvalue weighted by Crippen LogP contribution is 2.20. The molecule has 70 valence electrons. The van der Waals surface area contributed by atoms with Gasteiger partial charge in [-0.25, -0.2) is 4.98 Å². The first-order valence-corrected chi connectivity index (χ1v) is 4.77. The van der Waals surface area contributed by atoms with E-state index in [0.29, 0.717) is 11.0 Å². The predicted octanol–water partition coefficient (Wildman–Crippen LogP) is 1.32. The van der Waals surface area contributed by atoms with Crippen LogP contribution in [0.5, 0.6) is 0 Å². The average molecular weight is 197 g/mol. The third kappa shape index (κ3) is 3.09. The molecule has 4 nitrogen and oxygen atoms in total. The van der Waals surface area contributed by atoms with Crippen LogP contribution in [0.1, 0.15) is 12.6 Å². The number of nitriles is 1. The minimum Gasteiger partial charge on any atom is -0.440 e. The first kappa shape index (κ1) is 10.1. The fraction of sp³-hybridized carbons (Fsp3) is 0.500. The van der Waals surface area contributed by atoms with Crippen molar-refractivity contribution in [1.82, 2.24) is 4.98 Å². The van der Waals surface area contributed by atoms with Crippen LogP contribution >= 0.6 is 11.8 Å². The van der Waals surface area contributed by atoms with Crippen LogP contribution in [0.2, 0.25) is 0 Å². The quantitative estimate of drug-likeness (QED) is 0.739. The Labute approximate surface area is 81.1 Å². The first-order valence-electron chi connectivity index (χ1n) is 3.78. The number of oxazole rings is 1. The molecule has 1 heterocycles. The Balaban J connectivity index is 2.49. The van der Waals surface area contributed by atoms with Crippen molar-refractivity contribution in [1.29, 1.82) is 5.26 Å². The van der Waals surface area contributed by atoms with Gasteiger partial charge in [0.05, 0.1) is 11.8 Å². The molecule has 1 aromatic heterocycles. The van der Waals surface area contributed by atoms with Gasteiger partial charge >= 0.3 is 0 Å². The lowest BCUT2D eigenvalue weighted by Gasteiger charge is -2.11. The van der Waals surface area contributed by atoms with Crippen LogP contribution in [0.15, 0.2) is 15.9 Å². The Kier molecular flexibility index (Phi) is 2.96. The van der Waals surface area contributed by atoms with Crippen LogP contribution in [0.3, 0.4) is 0 Å². The van der Waals surface area contributed by atoms with E-state index in [1.165, 1.54) is 11.8 Å².